The highest BCUT2D eigenvalue weighted by atomic mass is 32.2. The molecular weight excluding hydrogens is 317 g/mol. The Labute approximate surface area is 136 Å². The highest BCUT2D eigenvalue weighted by molar-refractivity contribution is 7.92. The summed E-state index contributed by atoms with van der Waals surface area (Å²) in [5.41, 5.74) is 1.55. The highest BCUT2D eigenvalue weighted by Crippen LogP contribution is 2.32. The molecule has 4 nitrogen and oxygen atoms in total. The number of anilines is 1. The minimum Gasteiger partial charge on any atom is -0.496 e. The molecular formula is C17H20FNO3S. The van der Waals surface area contributed by atoms with E-state index in [-0.39, 0.29) is 16.5 Å². The zero-order valence-corrected chi connectivity index (χ0v) is 14.4. The Bertz CT molecular complexity index is 817. The molecule has 124 valence electrons. The fourth-order valence-electron chi connectivity index (χ4n) is 2.36. The number of halogens is 1. The lowest BCUT2D eigenvalue weighted by Gasteiger charge is -2.17. The van der Waals surface area contributed by atoms with Gasteiger partial charge in [-0.3, -0.25) is 4.72 Å². The number of methoxy groups -OCH3 is 1. The smallest absolute Gasteiger partial charge is 0.262 e. The lowest BCUT2D eigenvalue weighted by Crippen LogP contribution is -2.15. The first-order chi connectivity index (χ1) is 10.7. The van der Waals surface area contributed by atoms with E-state index in [1.807, 2.05) is 13.8 Å². The first-order valence-electron chi connectivity index (χ1n) is 7.21. The van der Waals surface area contributed by atoms with Gasteiger partial charge in [0.2, 0.25) is 0 Å². The molecule has 0 fully saturated rings. The lowest BCUT2D eigenvalue weighted by atomic mass is 10.0. The molecule has 1 N–H and O–H groups in total. The average Bonchev–Trinajstić information content (AvgIpc) is 2.45. The van der Waals surface area contributed by atoms with E-state index in [9.17, 15) is 12.8 Å². The summed E-state index contributed by atoms with van der Waals surface area (Å²) >= 11 is 0. The molecule has 0 aliphatic heterocycles. The lowest BCUT2D eigenvalue weighted by molar-refractivity contribution is 0.406. The number of aryl methyl sites for hydroxylation is 1. The number of rotatable bonds is 5. The molecule has 0 atom stereocenters. The molecule has 23 heavy (non-hydrogen) atoms. The molecule has 0 spiro atoms. The standard InChI is InChI=1S/C17H20FNO3S/c1-11(2)15-10-17(12(3)8-16(15)22-4)23(20,21)19-14-7-5-6-13(18)9-14/h5-11,19H,1-4H3. The number of nitrogens with one attached hydrogen (secondary N) is 1. The molecule has 0 saturated heterocycles. The van der Waals surface area contributed by atoms with Gasteiger partial charge in [-0.1, -0.05) is 19.9 Å². The zero-order valence-electron chi connectivity index (χ0n) is 13.6. The van der Waals surface area contributed by atoms with E-state index in [4.69, 9.17) is 4.74 Å². The Balaban J connectivity index is 2.49. The third-order valence-electron chi connectivity index (χ3n) is 3.52. The highest BCUT2D eigenvalue weighted by Gasteiger charge is 2.21. The number of hydrogen-bond acceptors (Lipinski definition) is 3. The molecule has 0 aliphatic carbocycles. The number of ether oxygens (including phenoxy) is 1. The van der Waals surface area contributed by atoms with Gasteiger partial charge in [0.1, 0.15) is 11.6 Å². The van der Waals surface area contributed by atoms with Crippen molar-refractivity contribution < 1.29 is 17.5 Å². The van der Waals surface area contributed by atoms with Crippen molar-refractivity contribution in [1.29, 1.82) is 0 Å². The van der Waals surface area contributed by atoms with Crippen LogP contribution < -0.4 is 9.46 Å². The van der Waals surface area contributed by atoms with E-state index in [0.717, 1.165) is 11.6 Å². The molecule has 6 heteroatoms. The summed E-state index contributed by atoms with van der Waals surface area (Å²) in [5, 5.41) is 0. The van der Waals surface area contributed by atoms with Gasteiger partial charge >= 0.3 is 0 Å². The first kappa shape index (κ1) is 17.3. The second-order valence-electron chi connectivity index (χ2n) is 5.63. The fraction of sp³-hybridized carbons (Fsp3) is 0.294. The van der Waals surface area contributed by atoms with Crippen molar-refractivity contribution in [3.8, 4) is 5.75 Å². The van der Waals surface area contributed by atoms with Crippen LogP contribution in [-0.4, -0.2) is 15.5 Å². The Morgan fingerprint density at radius 2 is 1.87 bits per heavy atom. The van der Waals surface area contributed by atoms with E-state index in [2.05, 4.69) is 4.72 Å². The molecule has 2 rings (SSSR count). The first-order valence-corrected chi connectivity index (χ1v) is 8.70. The van der Waals surface area contributed by atoms with Crippen molar-refractivity contribution in [2.45, 2.75) is 31.6 Å². The minimum atomic E-state index is -3.81. The molecule has 2 aromatic carbocycles. The summed E-state index contributed by atoms with van der Waals surface area (Å²) in [6.45, 7) is 5.62. The molecule has 0 amide bonds. The Hall–Kier alpha value is -2.08. The Morgan fingerprint density at radius 3 is 2.43 bits per heavy atom. The second-order valence-corrected chi connectivity index (χ2v) is 7.28. The van der Waals surface area contributed by atoms with Crippen LogP contribution in [0.5, 0.6) is 5.75 Å². The minimum absolute atomic E-state index is 0.105. The largest absolute Gasteiger partial charge is 0.496 e. The Morgan fingerprint density at radius 1 is 1.17 bits per heavy atom. The van der Waals surface area contributed by atoms with E-state index in [1.165, 1.54) is 18.2 Å². The molecule has 0 aliphatic rings. The van der Waals surface area contributed by atoms with Gasteiger partial charge in [-0.25, -0.2) is 12.8 Å². The van der Waals surface area contributed by atoms with E-state index in [0.29, 0.717) is 11.3 Å². The molecule has 0 unspecified atom stereocenters. The summed E-state index contributed by atoms with van der Waals surface area (Å²) in [7, 11) is -2.26. The molecule has 0 bridgehead atoms. The van der Waals surface area contributed by atoms with Crippen LogP contribution in [0.1, 0.15) is 30.9 Å². The summed E-state index contributed by atoms with van der Waals surface area (Å²) < 4.78 is 46.2. The summed E-state index contributed by atoms with van der Waals surface area (Å²) in [6, 6.07) is 8.67. The van der Waals surface area contributed by atoms with Gasteiger partial charge in [-0.05, 0) is 54.3 Å². The summed E-state index contributed by atoms with van der Waals surface area (Å²) in [4.78, 5) is 0.159. The van der Waals surface area contributed by atoms with Gasteiger partial charge in [0, 0.05) is 0 Å². The van der Waals surface area contributed by atoms with Crippen LogP contribution in [0.15, 0.2) is 41.3 Å². The third-order valence-corrected chi connectivity index (χ3v) is 5.04. The van der Waals surface area contributed by atoms with E-state index >= 15 is 0 Å². The monoisotopic (exact) mass is 337 g/mol. The van der Waals surface area contributed by atoms with Crippen LogP contribution in [0.3, 0.4) is 0 Å². The van der Waals surface area contributed by atoms with Crippen molar-refractivity contribution >= 4 is 15.7 Å². The molecule has 2 aromatic rings. The number of benzene rings is 2. The van der Waals surface area contributed by atoms with E-state index < -0.39 is 15.8 Å². The van der Waals surface area contributed by atoms with Crippen molar-refractivity contribution in [1.82, 2.24) is 0 Å². The maximum atomic E-state index is 13.2. The number of hydrogen-bond donors (Lipinski definition) is 1. The molecule has 0 saturated carbocycles. The SMILES string of the molecule is COc1cc(C)c(S(=O)(=O)Nc2cccc(F)c2)cc1C(C)C. The number of sulfonamides is 1. The average molecular weight is 337 g/mol. The fourth-order valence-corrected chi connectivity index (χ4v) is 3.67. The van der Waals surface area contributed by atoms with Crippen molar-refractivity contribution in [2.24, 2.45) is 0 Å². The van der Waals surface area contributed by atoms with Gasteiger partial charge in [-0.15, -0.1) is 0 Å². The maximum absolute atomic E-state index is 13.2. The van der Waals surface area contributed by atoms with Crippen LogP contribution in [0, 0.1) is 12.7 Å². The molecule has 0 radical (unpaired) electrons. The van der Waals surface area contributed by atoms with Gasteiger partial charge in [0.05, 0.1) is 17.7 Å². The molecule has 0 aromatic heterocycles. The van der Waals surface area contributed by atoms with Crippen LogP contribution in [0.4, 0.5) is 10.1 Å². The third kappa shape index (κ3) is 3.82. The molecule has 0 heterocycles. The van der Waals surface area contributed by atoms with Gasteiger partial charge < -0.3 is 4.74 Å². The maximum Gasteiger partial charge on any atom is 0.262 e. The van der Waals surface area contributed by atoms with Crippen LogP contribution in [-0.2, 0) is 10.0 Å². The van der Waals surface area contributed by atoms with Gasteiger partial charge in [0.25, 0.3) is 10.0 Å². The van der Waals surface area contributed by atoms with E-state index in [1.54, 1.807) is 26.2 Å². The normalized spacial score (nSPS) is 11.6. The Kier molecular flexibility index (Phi) is 4.94. The predicted molar refractivity (Wildman–Crippen MR) is 89.0 cm³/mol. The zero-order chi connectivity index (χ0) is 17.2. The van der Waals surface area contributed by atoms with Gasteiger partial charge in [-0.2, -0.15) is 0 Å². The van der Waals surface area contributed by atoms with Crippen LogP contribution in [0.2, 0.25) is 0 Å². The van der Waals surface area contributed by atoms with Crippen LogP contribution in [0.25, 0.3) is 0 Å². The van der Waals surface area contributed by atoms with Crippen molar-refractivity contribution in [3.05, 3.63) is 53.3 Å². The summed E-state index contributed by atoms with van der Waals surface area (Å²) in [5.74, 6) is 0.260. The van der Waals surface area contributed by atoms with Crippen molar-refractivity contribution in [2.75, 3.05) is 11.8 Å². The van der Waals surface area contributed by atoms with Gasteiger partial charge in [0.15, 0.2) is 0 Å². The quantitative estimate of drug-likeness (QED) is 0.895. The predicted octanol–water partition coefficient (Wildman–Crippen LogP) is 4.07. The second kappa shape index (κ2) is 6.58. The van der Waals surface area contributed by atoms with Crippen molar-refractivity contribution in [3.63, 3.8) is 0 Å². The van der Waals surface area contributed by atoms with Crippen LogP contribution >= 0.6 is 0 Å². The summed E-state index contributed by atoms with van der Waals surface area (Å²) in [6.07, 6.45) is 0. The topological polar surface area (TPSA) is 55.4 Å².